The van der Waals surface area contributed by atoms with Gasteiger partial charge in [-0.1, -0.05) is 19.1 Å². The zero-order valence-corrected chi connectivity index (χ0v) is 16.8. The lowest BCUT2D eigenvalue weighted by atomic mass is 9.83. The summed E-state index contributed by atoms with van der Waals surface area (Å²) >= 11 is 0. The Labute approximate surface area is 170 Å². The average Bonchev–Trinajstić information content (AvgIpc) is 3.61. The number of rotatable bonds is 9. The zero-order chi connectivity index (χ0) is 20.5. The van der Waals surface area contributed by atoms with Gasteiger partial charge in [0, 0.05) is 12.0 Å². The molecule has 0 saturated heterocycles. The van der Waals surface area contributed by atoms with Gasteiger partial charge in [-0.15, -0.1) is 0 Å². The molecule has 0 aliphatic heterocycles. The van der Waals surface area contributed by atoms with Gasteiger partial charge in [0.2, 0.25) is 0 Å². The van der Waals surface area contributed by atoms with E-state index in [1.165, 1.54) is 6.07 Å². The fourth-order valence-electron chi connectivity index (χ4n) is 4.35. The molecule has 4 nitrogen and oxygen atoms in total. The van der Waals surface area contributed by atoms with E-state index >= 15 is 0 Å². The number of methoxy groups -OCH3 is 1. The maximum Gasteiger partial charge on any atom is 0.306 e. The Balaban J connectivity index is 1.39. The number of ether oxygens (including phenoxy) is 2. The Morgan fingerprint density at radius 2 is 2.00 bits per heavy atom. The highest BCUT2D eigenvalue weighted by molar-refractivity contribution is 5.71. The van der Waals surface area contributed by atoms with Crippen molar-refractivity contribution in [3.8, 4) is 11.5 Å². The summed E-state index contributed by atoms with van der Waals surface area (Å²) in [5, 5.41) is 9.47. The molecule has 154 valence electrons. The lowest BCUT2D eigenvalue weighted by Crippen LogP contribution is -2.20. The molecule has 0 amide bonds. The predicted octanol–water partition coefficient (Wildman–Crippen LogP) is 5.23. The molecular weight excluding hydrogens is 371 g/mol. The summed E-state index contributed by atoms with van der Waals surface area (Å²) in [4.78, 5) is 11.5. The molecular formula is C24H27FO4. The van der Waals surface area contributed by atoms with Crippen LogP contribution in [0.25, 0.3) is 0 Å². The molecule has 1 N–H and O–H groups in total. The molecule has 0 heterocycles. The largest absolute Gasteiger partial charge is 0.497 e. The van der Waals surface area contributed by atoms with Crippen molar-refractivity contribution >= 4 is 5.97 Å². The minimum Gasteiger partial charge on any atom is -0.497 e. The number of carboxylic acid groups (broad SMARTS) is 1. The Hall–Kier alpha value is -2.56. The molecule has 4 rings (SSSR count). The van der Waals surface area contributed by atoms with E-state index in [1.807, 2.05) is 30.3 Å². The van der Waals surface area contributed by atoms with Crippen LogP contribution >= 0.6 is 0 Å². The minimum absolute atomic E-state index is 0.0319. The van der Waals surface area contributed by atoms with Crippen LogP contribution in [0.5, 0.6) is 11.5 Å². The Bertz CT molecular complexity index is 892. The molecule has 0 radical (unpaired) electrons. The van der Waals surface area contributed by atoms with Gasteiger partial charge < -0.3 is 14.6 Å². The molecule has 2 saturated carbocycles. The Morgan fingerprint density at radius 3 is 2.69 bits per heavy atom. The molecule has 0 bridgehead atoms. The predicted molar refractivity (Wildman–Crippen MR) is 108 cm³/mol. The van der Waals surface area contributed by atoms with Crippen LogP contribution in [0.15, 0.2) is 42.5 Å². The summed E-state index contributed by atoms with van der Waals surface area (Å²) in [5.74, 6) is 0.990. The summed E-state index contributed by atoms with van der Waals surface area (Å²) in [6.45, 7) is 2.36. The summed E-state index contributed by atoms with van der Waals surface area (Å²) in [6.07, 6.45) is 3.15. The van der Waals surface area contributed by atoms with E-state index in [4.69, 9.17) is 9.47 Å². The highest BCUT2D eigenvalue weighted by Gasteiger charge is 2.40. The van der Waals surface area contributed by atoms with Crippen molar-refractivity contribution in [3.63, 3.8) is 0 Å². The number of hydrogen-bond acceptors (Lipinski definition) is 3. The Morgan fingerprint density at radius 1 is 1.21 bits per heavy atom. The van der Waals surface area contributed by atoms with Gasteiger partial charge in [-0.3, -0.25) is 4.79 Å². The zero-order valence-electron chi connectivity index (χ0n) is 16.8. The standard InChI is InChI=1S/C24H27FO4/c1-14(24(26)27)23(15-6-7-15)16-4-3-5-20(9-16)29-13-18-11-22(18)17-8-19(25)12-21(10-17)28-2/h3-5,8-10,12,14-15,18,22-23H,6-7,11,13H2,1-2H3,(H,26,27)/t14-,18+,22+,23-/m0/s1. The second-order valence-electron chi connectivity index (χ2n) is 8.40. The molecule has 0 spiro atoms. The van der Waals surface area contributed by atoms with Crippen molar-refractivity contribution in [1.82, 2.24) is 0 Å². The molecule has 2 aromatic carbocycles. The van der Waals surface area contributed by atoms with Gasteiger partial charge in [-0.05, 0) is 72.4 Å². The topological polar surface area (TPSA) is 55.8 Å². The van der Waals surface area contributed by atoms with Crippen molar-refractivity contribution < 1.29 is 23.8 Å². The second-order valence-corrected chi connectivity index (χ2v) is 8.40. The SMILES string of the molecule is COc1cc(F)cc([C@H]2C[C@@H]2COc2cccc([C@H](C3CC3)[C@H](C)C(=O)O)c2)c1. The average molecular weight is 398 g/mol. The van der Waals surface area contributed by atoms with Gasteiger partial charge in [0.15, 0.2) is 0 Å². The van der Waals surface area contributed by atoms with Gasteiger partial charge in [-0.25, -0.2) is 4.39 Å². The van der Waals surface area contributed by atoms with E-state index in [0.29, 0.717) is 24.2 Å². The third-order valence-electron chi connectivity index (χ3n) is 6.25. The van der Waals surface area contributed by atoms with Crippen molar-refractivity contribution in [2.75, 3.05) is 13.7 Å². The quantitative estimate of drug-likeness (QED) is 0.628. The highest BCUT2D eigenvalue weighted by Crippen LogP contribution is 2.49. The normalized spacial score (nSPS) is 22.6. The lowest BCUT2D eigenvalue weighted by molar-refractivity contribution is -0.142. The van der Waals surface area contributed by atoms with Gasteiger partial charge in [0.25, 0.3) is 0 Å². The first-order valence-electron chi connectivity index (χ1n) is 10.3. The van der Waals surface area contributed by atoms with Crippen molar-refractivity contribution in [2.24, 2.45) is 17.8 Å². The van der Waals surface area contributed by atoms with Crippen LogP contribution in [-0.2, 0) is 4.79 Å². The fourth-order valence-corrected chi connectivity index (χ4v) is 4.35. The summed E-state index contributed by atoms with van der Waals surface area (Å²) in [5.41, 5.74) is 2.00. The van der Waals surface area contributed by atoms with Gasteiger partial charge in [0.1, 0.15) is 17.3 Å². The molecule has 5 heteroatoms. The second kappa shape index (κ2) is 8.05. The minimum atomic E-state index is -0.750. The van der Waals surface area contributed by atoms with E-state index in [1.54, 1.807) is 20.1 Å². The Kier molecular flexibility index (Phi) is 5.48. The van der Waals surface area contributed by atoms with Gasteiger partial charge >= 0.3 is 5.97 Å². The number of carboxylic acids is 1. The maximum atomic E-state index is 13.7. The van der Waals surface area contributed by atoms with Crippen LogP contribution in [0.2, 0.25) is 0 Å². The molecule has 29 heavy (non-hydrogen) atoms. The van der Waals surface area contributed by atoms with Crippen LogP contribution in [0.4, 0.5) is 4.39 Å². The summed E-state index contributed by atoms with van der Waals surface area (Å²) < 4.78 is 24.9. The highest BCUT2D eigenvalue weighted by atomic mass is 19.1. The first kappa shape index (κ1) is 19.7. The number of hydrogen-bond donors (Lipinski definition) is 1. The van der Waals surface area contributed by atoms with Crippen molar-refractivity contribution in [1.29, 1.82) is 0 Å². The van der Waals surface area contributed by atoms with Crippen LogP contribution in [0.1, 0.15) is 49.1 Å². The van der Waals surface area contributed by atoms with Crippen LogP contribution in [0.3, 0.4) is 0 Å². The fraction of sp³-hybridized carbons (Fsp3) is 0.458. The van der Waals surface area contributed by atoms with Crippen LogP contribution in [-0.4, -0.2) is 24.8 Å². The van der Waals surface area contributed by atoms with Gasteiger partial charge in [-0.2, -0.15) is 0 Å². The van der Waals surface area contributed by atoms with Crippen molar-refractivity contribution in [3.05, 3.63) is 59.4 Å². The number of carbonyl (C=O) groups is 1. The van der Waals surface area contributed by atoms with Crippen LogP contribution < -0.4 is 9.47 Å². The van der Waals surface area contributed by atoms with Crippen molar-refractivity contribution in [2.45, 2.75) is 38.0 Å². The van der Waals surface area contributed by atoms with E-state index in [9.17, 15) is 14.3 Å². The molecule has 2 aliphatic carbocycles. The molecule has 2 aliphatic rings. The maximum absolute atomic E-state index is 13.7. The third kappa shape index (κ3) is 4.55. The number of benzene rings is 2. The summed E-state index contributed by atoms with van der Waals surface area (Å²) in [6, 6.07) is 12.7. The number of aliphatic carboxylic acids is 1. The molecule has 0 aromatic heterocycles. The van der Waals surface area contributed by atoms with E-state index in [0.717, 1.165) is 36.1 Å². The molecule has 0 unspecified atom stereocenters. The van der Waals surface area contributed by atoms with E-state index < -0.39 is 11.9 Å². The molecule has 2 fully saturated rings. The third-order valence-corrected chi connectivity index (χ3v) is 6.25. The molecule has 4 atom stereocenters. The van der Waals surface area contributed by atoms with E-state index in [-0.39, 0.29) is 17.7 Å². The number of halogens is 1. The lowest BCUT2D eigenvalue weighted by Gasteiger charge is -2.21. The smallest absolute Gasteiger partial charge is 0.306 e. The van der Waals surface area contributed by atoms with E-state index in [2.05, 4.69) is 0 Å². The monoisotopic (exact) mass is 398 g/mol. The van der Waals surface area contributed by atoms with Crippen LogP contribution in [0, 0.1) is 23.6 Å². The van der Waals surface area contributed by atoms with Gasteiger partial charge in [0.05, 0.1) is 19.6 Å². The summed E-state index contributed by atoms with van der Waals surface area (Å²) in [7, 11) is 1.54. The first-order valence-corrected chi connectivity index (χ1v) is 10.3. The first-order chi connectivity index (χ1) is 14.0. The molecule has 2 aromatic rings.